The topological polar surface area (TPSA) is 539 Å². The number of amides is 8. The van der Waals surface area contributed by atoms with Gasteiger partial charge in [0.1, 0.15) is 30.1 Å². The van der Waals surface area contributed by atoms with Crippen molar-refractivity contribution in [3.05, 3.63) is 83.6 Å². The van der Waals surface area contributed by atoms with Gasteiger partial charge < -0.3 is 35.8 Å². The third kappa shape index (κ3) is 26.5. The van der Waals surface area contributed by atoms with Crippen LogP contribution in [0.25, 0.3) is 0 Å². The minimum absolute atomic E-state index is 0.0103. The third-order valence-electron chi connectivity index (χ3n) is 19.6. The van der Waals surface area contributed by atoms with Gasteiger partial charge in [-0.3, -0.25) is 65.9 Å². The Bertz CT molecular complexity index is 4610. The van der Waals surface area contributed by atoms with Crippen LogP contribution in [0.5, 0.6) is 0 Å². The Balaban J connectivity index is 1.25. The minimum Gasteiger partial charge on any atom is -0.356 e. The molecule has 612 valence electrons. The number of Topliss-reactive ketones (excluding diaryl/α,β-unsaturated/α-hetero) is 1. The maximum atomic E-state index is 13.8. The Morgan fingerprint density at radius 1 is 0.514 bits per heavy atom. The molecule has 5 aliphatic heterocycles. The number of rotatable bonds is 22. The first-order valence-electron chi connectivity index (χ1n) is 36.4. The molecule has 2 aromatic rings. The number of hydrogen-bond donors (Lipinski definition) is 9. The minimum atomic E-state index is -5.24. The number of hydrogen-bond acceptors (Lipinski definition) is 24. The monoisotopic (exact) mass is 1660 g/mol. The first-order chi connectivity index (χ1) is 52.0. The molecule has 5 unspecified atom stereocenters. The molecule has 0 saturated carbocycles. The predicted octanol–water partition coefficient (Wildman–Crippen LogP) is 4.17. The fourth-order valence-corrected chi connectivity index (χ4v) is 17.1. The van der Waals surface area contributed by atoms with Crippen molar-refractivity contribution in [1.29, 1.82) is 0 Å². The number of imide groups is 2. The lowest BCUT2D eigenvalue weighted by atomic mass is 9.75. The lowest BCUT2D eigenvalue weighted by Gasteiger charge is -2.30. The van der Waals surface area contributed by atoms with Crippen LogP contribution in [0.3, 0.4) is 0 Å². The van der Waals surface area contributed by atoms with E-state index in [2.05, 4.69) is 16.0 Å². The summed E-state index contributed by atoms with van der Waals surface area (Å²) in [4.78, 5) is 153. The largest absolute Gasteiger partial charge is 0.356 e. The third-order valence-corrected chi connectivity index (χ3v) is 23.7. The van der Waals surface area contributed by atoms with E-state index >= 15 is 0 Å². The standard InChI is InChI=1S/C70H94N8O28S5/c1-69-35-15-4-11-23-59(80)71-37-17-8-18-38-72-67(88)47(44-107(90,91)92)41-56(79)52(45-108(93,94)95)74-68(89)53(46-109(96,97)98)73-60(81)24-12-5-16-36-70(2)51-43-49(111(102,103)104)28-30-55(51)76(40-20-7-14-26-66(87)106-78-63(84)33-34-64(78)85)58(70)22-10-3-9-21-57(69)75(54-29-27-48(42-50(54)69)110(99,100)101)39-19-6-13-25-65(86)105-77-61(82)31-32-62(77)83/h3,9-10,21-22,27-30,42-43,47,52-53H,4-8,11-20,23-26,31-41,44-46H2,1-2H3,(H8-,71,72,73,74,80,81,88,89,90,91,92,93,94,95,96,97,98,99,100,101,102,103,104)/p+1. The van der Waals surface area contributed by atoms with Crippen molar-refractivity contribution in [2.45, 2.75) is 213 Å². The quantitative estimate of drug-likeness (QED) is 0.0345. The van der Waals surface area contributed by atoms with Gasteiger partial charge in [-0.25, -0.2) is 9.59 Å². The Morgan fingerprint density at radius 3 is 1.58 bits per heavy atom. The zero-order valence-corrected chi connectivity index (χ0v) is 65.5. The molecule has 0 radical (unpaired) electrons. The molecule has 111 heavy (non-hydrogen) atoms. The molecule has 2 saturated heterocycles. The average Bonchev–Trinajstić information content (AvgIpc) is 1.59. The molecule has 36 nitrogen and oxygen atoms in total. The number of hydroxylamine groups is 4. The highest BCUT2D eigenvalue weighted by Crippen LogP contribution is 2.52. The molecule has 9 N–H and O–H groups in total. The van der Waals surface area contributed by atoms with Crippen LogP contribution < -0.4 is 26.2 Å². The summed E-state index contributed by atoms with van der Waals surface area (Å²) in [5.74, 6) is -16.2. The van der Waals surface area contributed by atoms with Crippen molar-refractivity contribution in [2.24, 2.45) is 5.92 Å². The number of carbonyl (C=O) groups is 11. The average molecular weight is 1660 g/mol. The highest BCUT2D eigenvalue weighted by molar-refractivity contribution is 7.86. The zero-order chi connectivity index (χ0) is 81.9. The van der Waals surface area contributed by atoms with Crippen LogP contribution in [0.2, 0.25) is 0 Å². The Morgan fingerprint density at radius 2 is 1.02 bits per heavy atom. The van der Waals surface area contributed by atoms with E-state index in [1.807, 2.05) is 27.8 Å². The molecular formula is C70H95N8O28S5+. The number of unbranched alkanes of at least 4 members (excludes halogenated alkanes) is 4. The lowest BCUT2D eigenvalue weighted by molar-refractivity contribution is -0.438. The first-order valence-corrected chi connectivity index (χ1v) is 44.1. The van der Waals surface area contributed by atoms with Crippen molar-refractivity contribution >= 4 is 133 Å². The van der Waals surface area contributed by atoms with Gasteiger partial charge in [0, 0.05) is 118 Å². The maximum absolute atomic E-state index is 13.8. The second-order valence-corrected chi connectivity index (χ2v) is 35.6. The van der Waals surface area contributed by atoms with Gasteiger partial charge in [-0.15, -0.1) is 10.1 Å². The van der Waals surface area contributed by atoms with Gasteiger partial charge in [0.25, 0.3) is 74.2 Å². The maximum Gasteiger partial charge on any atom is 0.333 e. The van der Waals surface area contributed by atoms with E-state index in [4.69, 9.17) is 9.68 Å². The number of allylic oxidation sites excluding steroid dienone is 6. The van der Waals surface area contributed by atoms with Crippen LogP contribution in [0.15, 0.2) is 82.3 Å². The van der Waals surface area contributed by atoms with Crippen molar-refractivity contribution in [3.63, 3.8) is 0 Å². The van der Waals surface area contributed by atoms with Crippen LogP contribution in [0.1, 0.15) is 192 Å². The van der Waals surface area contributed by atoms with Crippen LogP contribution >= 0.6 is 0 Å². The molecule has 0 spiro atoms. The molecule has 0 bridgehead atoms. The lowest BCUT2D eigenvalue weighted by Crippen LogP contribution is -2.56. The van der Waals surface area contributed by atoms with Crippen LogP contribution in [0.4, 0.5) is 11.4 Å². The number of anilines is 1. The number of carbonyl (C=O) groups excluding carboxylic acids is 11. The molecule has 0 aliphatic carbocycles. The van der Waals surface area contributed by atoms with Gasteiger partial charge in [0.15, 0.2) is 11.5 Å². The number of nitrogens with zero attached hydrogens (tertiary/aromatic N) is 4. The van der Waals surface area contributed by atoms with E-state index in [1.54, 1.807) is 37.3 Å². The zero-order valence-electron chi connectivity index (χ0n) is 61.4. The van der Waals surface area contributed by atoms with E-state index in [0.29, 0.717) is 115 Å². The molecule has 2 fully saturated rings. The van der Waals surface area contributed by atoms with Crippen molar-refractivity contribution < 1.29 is 132 Å². The molecule has 2 aromatic carbocycles. The summed E-state index contributed by atoms with van der Waals surface area (Å²) in [6, 6.07) is 3.64. The Hall–Kier alpha value is -8.55. The van der Waals surface area contributed by atoms with Gasteiger partial charge in [-0.2, -0.15) is 46.7 Å². The van der Waals surface area contributed by atoms with Crippen molar-refractivity contribution in [1.82, 2.24) is 31.4 Å². The molecule has 5 aliphatic rings. The Kier molecular flexibility index (Phi) is 31.7. The normalized spacial score (nSPS) is 23.9. The van der Waals surface area contributed by atoms with E-state index in [-0.39, 0.29) is 120 Å². The Labute approximate surface area is 643 Å². The summed E-state index contributed by atoms with van der Waals surface area (Å²) in [7, 11) is -25.1. The van der Waals surface area contributed by atoms with E-state index in [1.165, 1.54) is 30.3 Å². The molecule has 0 aromatic heterocycles. The van der Waals surface area contributed by atoms with Gasteiger partial charge in [-0.1, -0.05) is 50.3 Å². The summed E-state index contributed by atoms with van der Waals surface area (Å²) in [6.07, 6.45) is 11.9. The van der Waals surface area contributed by atoms with Gasteiger partial charge in [0.05, 0.1) is 26.9 Å². The second-order valence-electron chi connectivity index (χ2n) is 28.3. The van der Waals surface area contributed by atoms with Crippen molar-refractivity contribution in [2.75, 3.05) is 48.3 Å². The predicted molar refractivity (Wildman–Crippen MR) is 394 cm³/mol. The summed E-state index contributed by atoms with van der Waals surface area (Å²) in [5.41, 5.74) is 1.14. The fourth-order valence-electron chi connectivity index (χ4n) is 14.0. The summed E-state index contributed by atoms with van der Waals surface area (Å²) < 4.78 is 177. The molecule has 5 atom stereocenters. The summed E-state index contributed by atoms with van der Waals surface area (Å²) >= 11 is 0. The number of ketones is 1. The van der Waals surface area contributed by atoms with Gasteiger partial charge >= 0.3 is 11.9 Å². The van der Waals surface area contributed by atoms with Gasteiger partial charge in [-0.05, 0) is 126 Å². The highest BCUT2D eigenvalue weighted by Gasteiger charge is 2.49. The van der Waals surface area contributed by atoms with Gasteiger partial charge in [0.2, 0.25) is 29.3 Å². The summed E-state index contributed by atoms with van der Waals surface area (Å²) in [6.45, 7) is 4.27. The fraction of sp³-hybridized carbons (Fsp3) is 0.571. The van der Waals surface area contributed by atoms with Crippen LogP contribution in [-0.4, -0.2) is 206 Å². The number of nitrogens with one attached hydrogen (secondary N) is 4. The number of benzene rings is 2. The summed E-state index contributed by atoms with van der Waals surface area (Å²) in [5, 5.41) is 10.2. The van der Waals surface area contributed by atoms with E-state index in [9.17, 15) is 118 Å². The first kappa shape index (κ1) is 89.7. The molecule has 7 rings (SSSR count). The smallest absolute Gasteiger partial charge is 0.333 e. The van der Waals surface area contributed by atoms with E-state index < -0.39 is 173 Å². The highest BCUT2D eigenvalue weighted by atomic mass is 32.2. The van der Waals surface area contributed by atoms with Crippen LogP contribution in [0, 0.1) is 5.92 Å². The number of fused-ring (bicyclic) bond motifs is 6. The van der Waals surface area contributed by atoms with E-state index in [0.717, 1.165) is 0 Å². The molecule has 5 heterocycles. The molecule has 41 heteroatoms. The van der Waals surface area contributed by atoms with Crippen molar-refractivity contribution in [3.8, 4) is 0 Å². The molecule has 8 amide bonds. The SMILES string of the molecule is CC12CCCCCC(=O)NCCCCCNC(=O)C(CS(=O)(=O)O)CC(=O)C(CS(=O)(=O)O)NC(=O)C(CS(=O)(=O)O)NC(=O)CCCCCC3(C)/C(=C/C=C/C=C/C1=[N+](CCCCCC(=O)ON1C(=O)CCC1=O)c1ccc(S(=O)(=O)O)cc12)N(CCCCCC(=O)ON1C(=O)CCC1=O)c1ccc(S(=O)(=O)O)cc13. The molecular weight excluding hydrogens is 1560 g/mol. The second kappa shape index (κ2) is 39.3. The van der Waals surface area contributed by atoms with Crippen LogP contribution in [-0.2, 0) is 124 Å².